The van der Waals surface area contributed by atoms with E-state index in [0.717, 1.165) is 6.92 Å². The third-order valence-electron chi connectivity index (χ3n) is 2.13. The summed E-state index contributed by atoms with van der Waals surface area (Å²) in [4.78, 5) is 10.7. The Morgan fingerprint density at radius 3 is 2.35 bits per heavy atom. The summed E-state index contributed by atoms with van der Waals surface area (Å²) in [6, 6.07) is 8.53. The van der Waals surface area contributed by atoms with Crippen molar-refractivity contribution in [3.8, 4) is 0 Å². The SMILES string of the molecule is CC(=O)CC(OCc1ccccc1)C(F)(F)F. The first-order chi connectivity index (χ1) is 7.89. The predicted molar refractivity (Wildman–Crippen MR) is 56.4 cm³/mol. The molecule has 1 unspecified atom stereocenters. The molecular formula is C12H13F3O2. The minimum Gasteiger partial charge on any atom is -0.364 e. The Morgan fingerprint density at radius 2 is 1.88 bits per heavy atom. The third-order valence-corrected chi connectivity index (χ3v) is 2.13. The molecular weight excluding hydrogens is 233 g/mol. The molecule has 0 aliphatic heterocycles. The van der Waals surface area contributed by atoms with Crippen molar-refractivity contribution < 1.29 is 22.7 Å². The zero-order valence-electron chi connectivity index (χ0n) is 9.33. The number of rotatable bonds is 5. The number of benzene rings is 1. The van der Waals surface area contributed by atoms with Gasteiger partial charge in [0.15, 0.2) is 6.10 Å². The number of carbonyl (C=O) groups excluding carboxylic acids is 1. The van der Waals surface area contributed by atoms with E-state index in [4.69, 9.17) is 4.74 Å². The number of hydrogen-bond acceptors (Lipinski definition) is 2. The van der Waals surface area contributed by atoms with Gasteiger partial charge in [0.2, 0.25) is 0 Å². The quantitative estimate of drug-likeness (QED) is 0.797. The first-order valence-corrected chi connectivity index (χ1v) is 5.11. The highest BCUT2D eigenvalue weighted by molar-refractivity contribution is 5.76. The van der Waals surface area contributed by atoms with Gasteiger partial charge in [-0.25, -0.2) is 0 Å². The topological polar surface area (TPSA) is 26.3 Å². The normalized spacial score (nSPS) is 13.4. The van der Waals surface area contributed by atoms with Crippen LogP contribution in [0.3, 0.4) is 0 Å². The van der Waals surface area contributed by atoms with Crippen LogP contribution in [0.15, 0.2) is 30.3 Å². The lowest BCUT2D eigenvalue weighted by atomic mass is 10.2. The second kappa shape index (κ2) is 5.82. The molecule has 94 valence electrons. The maximum atomic E-state index is 12.5. The fraction of sp³-hybridized carbons (Fsp3) is 0.417. The molecule has 17 heavy (non-hydrogen) atoms. The number of carbonyl (C=O) groups is 1. The summed E-state index contributed by atoms with van der Waals surface area (Å²) in [6.45, 7) is 0.961. The number of ketones is 1. The molecule has 2 nitrogen and oxygen atoms in total. The van der Waals surface area contributed by atoms with Crippen molar-refractivity contribution in [2.75, 3.05) is 0 Å². The molecule has 0 aliphatic rings. The number of hydrogen-bond donors (Lipinski definition) is 0. The van der Waals surface area contributed by atoms with E-state index in [9.17, 15) is 18.0 Å². The Morgan fingerprint density at radius 1 is 1.29 bits per heavy atom. The number of alkyl halides is 3. The van der Waals surface area contributed by atoms with E-state index >= 15 is 0 Å². The largest absolute Gasteiger partial charge is 0.415 e. The van der Waals surface area contributed by atoms with Gasteiger partial charge in [-0.1, -0.05) is 30.3 Å². The zero-order valence-corrected chi connectivity index (χ0v) is 9.33. The van der Waals surface area contributed by atoms with Crippen LogP contribution in [0.5, 0.6) is 0 Å². The van der Waals surface area contributed by atoms with E-state index in [2.05, 4.69) is 0 Å². The van der Waals surface area contributed by atoms with E-state index < -0.39 is 24.5 Å². The molecule has 0 aromatic heterocycles. The molecule has 0 amide bonds. The Kier molecular flexibility index (Phi) is 4.69. The molecule has 1 rings (SSSR count). The fourth-order valence-electron chi connectivity index (χ4n) is 1.30. The van der Waals surface area contributed by atoms with Crippen LogP contribution >= 0.6 is 0 Å². The van der Waals surface area contributed by atoms with Crippen molar-refractivity contribution in [2.24, 2.45) is 0 Å². The summed E-state index contributed by atoms with van der Waals surface area (Å²) >= 11 is 0. The van der Waals surface area contributed by atoms with Crippen LogP contribution in [0.25, 0.3) is 0 Å². The molecule has 0 fully saturated rings. The van der Waals surface area contributed by atoms with Crippen molar-refractivity contribution in [3.63, 3.8) is 0 Å². The Balaban J connectivity index is 2.59. The lowest BCUT2D eigenvalue weighted by molar-refractivity contribution is -0.224. The molecule has 0 saturated heterocycles. The average Bonchev–Trinajstić information content (AvgIpc) is 2.23. The molecule has 0 bridgehead atoms. The fourth-order valence-corrected chi connectivity index (χ4v) is 1.30. The van der Waals surface area contributed by atoms with Crippen LogP contribution in [0, 0.1) is 0 Å². The Hall–Kier alpha value is -1.36. The monoisotopic (exact) mass is 246 g/mol. The van der Waals surface area contributed by atoms with Gasteiger partial charge in [-0.15, -0.1) is 0 Å². The van der Waals surface area contributed by atoms with Gasteiger partial charge in [-0.3, -0.25) is 4.79 Å². The van der Waals surface area contributed by atoms with E-state index in [1.807, 2.05) is 0 Å². The molecule has 1 aromatic rings. The average molecular weight is 246 g/mol. The van der Waals surface area contributed by atoms with Crippen LogP contribution < -0.4 is 0 Å². The van der Waals surface area contributed by atoms with Crippen molar-refractivity contribution in [1.82, 2.24) is 0 Å². The Bertz CT molecular complexity index is 360. The van der Waals surface area contributed by atoms with Gasteiger partial charge in [0, 0.05) is 6.42 Å². The van der Waals surface area contributed by atoms with E-state index in [-0.39, 0.29) is 6.61 Å². The molecule has 5 heteroatoms. The van der Waals surface area contributed by atoms with Gasteiger partial charge in [-0.05, 0) is 12.5 Å². The summed E-state index contributed by atoms with van der Waals surface area (Å²) in [5.74, 6) is -0.541. The van der Waals surface area contributed by atoms with Crippen LogP contribution in [-0.4, -0.2) is 18.1 Å². The predicted octanol–water partition coefficient (Wildman–Crippen LogP) is 3.11. The van der Waals surface area contributed by atoms with Crippen LogP contribution in [0.1, 0.15) is 18.9 Å². The minimum absolute atomic E-state index is 0.154. The van der Waals surface area contributed by atoms with Gasteiger partial charge in [0.1, 0.15) is 5.78 Å². The summed E-state index contributed by atoms with van der Waals surface area (Å²) in [5.41, 5.74) is 0.644. The summed E-state index contributed by atoms with van der Waals surface area (Å²) < 4.78 is 42.3. The number of ether oxygens (including phenoxy) is 1. The molecule has 0 radical (unpaired) electrons. The second-order valence-electron chi connectivity index (χ2n) is 3.73. The molecule has 0 N–H and O–H groups in total. The van der Waals surface area contributed by atoms with E-state index in [1.54, 1.807) is 30.3 Å². The molecule has 0 heterocycles. The van der Waals surface area contributed by atoms with Gasteiger partial charge in [0.05, 0.1) is 6.61 Å². The maximum Gasteiger partial charge on any atom is 0.415 e. The number of halogens is 3. The van der Waals surface area contributed by atoms with Crippen LogP contribution in [0.4, 0.5) is 13.2 Å². The summed E-state index contributed by atoms with van der Waals surface area (Å²) in [6.07, 6.45) is -7.18. The molecule has 0 saturated carbocycles. The smallest absolute Gasteiger partial charge is 0.364 e. The third kappa shape index (κ3) is 4.99. The van der Waals surface area contributed by atoms with Gasteiger partial charge in [0.25, 0.3) is 0 Å². The van der Waals surface area contributed by atoms with Crippen molar-refractivity contribution in [3.05, 3.63) is 35.9 Å². The maximum absolute atomic E-state index is 12.5. The second-order valence-corrected chi connectivity index (χ2v) is 3.73. The van der Waals surface area contributed by atoms with Crippen LogP contribution in [-0.2, 0) is 16.1 Å². The summed E-state index contributed by atoms with van der Waals surface area (Å²) in [7, 11) is 0. The van der Waals surface area contributed by atoms with E-state index in [0.29, 0.717) is 5.56 Å². The molecule has 0 spiro atoms. The van der Waals surface area contributed by atoms with Crippen LogP contribution in [0.2, 0.25) is 0 Å². The zero-order chi connectivity index (χ0) is 12.9. The van der Waals surface area contributed by atoms with E-state index in [1.165, 1.54) is 0 Å². The first-order valence-electron chi connectivity index (χ1n) is 5.11. The highest BCUT2D eigenvalue weighted by Crippen LogP contribution is 2.26. The lowest BCUT2D eigenvalue weighted by Gasteiger charge is -2.19. The van der Waals surface area contributed by atoms with Crippen molar-refractivity contribution >= 4 is 5.78 Å². The highest BCUT2D eigenvalue weighted by atomic mass is 19.4. The standard InChI is InChI=1S/C12H13F3O2/c1-9(16)7-11(12(13,14)15)17-8-10-5-3-2-4-6-10/h2-6,11H,7-8H2,1H3. The first kappa shape index (κ1) is 13.7. The molecule has 1 aromatic carbocycles. The van der Waals surface area contributed by atoms with Gasteiger partial charge in [-0.2, -0.15) is 13.2 Å². The molecule has 0 aliphatic carbocycles. The highest BCUT2D eigenvalue weighted by Gasteiger charge is 2.41. The molecule has 1 atom stereocenters. The van der Waals surface area contributed by atoms with Crippen molar-refractivity contribution in [2.45, 2.75) is 32.2 Å². The van der Waals surface area contributed by atoms with Gasteiger partial charge < -0.3 is 4.74 Å². The Labute approximate surface area is 97.4 Å². The van der Waals surface area contributed by atoms with Gasteiger partial charge >= 0.3 is 6.18 Å². The number of Topliss-reactive ketones (excluding diaryl/α,β-unsaturated/α-hetero) is 1. The summed E-state index contributed by atoms with van der Waals surface area (Å²) in [5, 5.41) is 0. The van der Waals surface area contributed by atoms with Crippen molar-refractivity contribution in [1.29, 1.82) is 0 Å². The lowest BCUT2D eigenvalue weighted by Crippen LogP contribution is -2.33. The minimum atomic E-state index is -4.51.